The van der Waals surface area contributed by atoms with Gasteiger partial charge in [-0.3, -0.25) is 4.79 Å². The Bertz CT molecular complexity index is 1430. The molecular formula is C22H20F5N3O5S. The molecule has 0 saturated carbocycles. The number of carbonyl (C=O) groups excluding carboxylic acids is 1. The lowest BCUT2D eigenvalue weighted by Crippen LogP contribution is -2.27. The van der Waals surface area contributed by atoms with E-state index in [0.717, 1.165) is 18.2 Å². The highest BCUT2D eigenvalue weighted by molar-refractivity contribution is 7.87. The molecule has 194 valence electrons. The monoisotopic (exact) mass is 533 g/mol. The van der Waals surface area contributed by atoms with Crippen LogP contribution in [0.3, 0.4) is 0 Å². The Morgan fingerprint density at radius 2 is 1.97 bits per heavy atom. The van der Waals surface area contributed by atoms with Crippen molar-refractivity contribution < 1.29 is 44.1 Å². The largest absolute Gasteiger partial charge is 0.534 e. The normalized spacial score (nSPS) is 17.7. The third-order valence-corrected chi connectivity index (χ3v) is 6.14. The first kappa shape index (κ1) is 27.0. The molecular weight excluding hydrogens is 513 g/mol. The van der Waals surface area contributed by atoms with E-state index in [4.69, 9.17) is 4.74 Å². The predicted octanol–water partition coefficient (Wildman–Crippen LogP) is 3.97. The average molecular weight is 533 g/mol. The molecule has 0 bridgehead atoms. The van der Waals surface area contributed by atoms with Gasteiger partial charge in [-0.2, -0.15) is 21.6 Å². The number of aryl methyl sites for hydroxylation is 1. The molecule has 14 heteroatoms. The fourth-order valence-corrected chi connectivity index (χ4v) is 3.58. The molecule has 0 fully saturated rings. The fourth-order valence-electron chi connectivity index (χ4n) is 3.16. The van der Waals surface area contributed by atoms with Crippen molar-refractivity contribution in [3.63, 3.8) is 0 Å². The quantitative estimate of drug-likeness (QED) is 0.183. The molecule has 36 heavy (non-hydrogen) atoms. The summed E-state index contributed by atoms with van der Waals surface area (Å²) in [5.74, 6) is -3.44. The van der Waals surface area contributed by atoms with Gasteiger partial charge in [0.15, 0.2) is 5.49 Å². The van der Waals surface area contributed by atoms with Crippen molar-refractivity contribution in [1.82, 2.24) is 9.55 Å². The van der Waals surface area contributed by atoms with Crippen LogP contribution in [0, 0.1) is 11.6 Å². The summed E-state index contributed by atoms with van der Waals surface area (Å²) in [6.45, 7) is 2.88. The van der Waals surface area contributed by atoms with Crippen molar-refractivity contribution in [2.45, 2.75) is 31.7 Å². The van der Waals surface area contributed by atoms with Crippen LogP contribution in [0.1, 0.15) is 31.9 Å². The molecule has 1 atom stereocenters. The second-order valence-corrected chi connectivity index (χ2v) is 9.32. The summed E-state index contributed by atoms with van der Waals surface area (Å²) in [7, 11) is -4.42. The number of hydrogen-bond acceptors (Lipinski definition) is 7. The van der Waals surface area contributed by atoms with Gasteiger partial charge in [0.25, 0.3) is 5.95 Å². The average Bonchev–Trinajstić information content (AvgIpc) is 2.79. The highest BCUT2D eigenvalue weighted by Gasteiger charge is 2.49. The number of ether oxygens (including phenoxy) is 1. The zero-order valence-corrected chi connectivity index (χ0v) is 20.0. The van der Waals surface area contributed by atoms with Crippen LogP contribution in [0.4, 0.5) is 22.0 Å². The van der Waals surface area contributed by atoms with E-state index in [0.29, 0.717) is 23.6 Å². The lowest BCUT2D eigenvalue weighted by molar-refractivity contribution is -0.104. The minimum Gasteiger partial charge on any atom is -0.465 e. The number of carbonyl (C=O) groups is 1. The van der Waals surface area contributed by atoms with Crippen LogP contribution in [0.25, 0.3) is 11.3 Å². The highest BCUT2D eigenvalue weighted by Crippen LogP contribution is 2.32. The Hall–Kier alpha value is -3.55. The summed E-state index contributed by atoms with van der Waals surface area (Å²) >= 11 is 0. The maximum atomic E-state index is 14.7. The van der Waals surface area contributed by atoms with Crippen LogP contribution in [0.2, 0.25) is 0 Å². The van der Waals surface area contributed by atoms with Crippen LogP contribution in [0.5, 0.6) is 0 Å². The van der Waals surface area contributed by atoms with Crippen molar-refractivity contribution >= 4 is 16.4 Å². The molecule has 0 saturated heterocycles. The highest BCUT2D eigenvalue weighted by atomic mass is 32.2. The summed E-state index contributed by atoms with van der Waals surface area (Å²) in [6, 6.07) is 2.80. The summed E-state index contributed by atoms with van der Waals surface area (Å²) in [6.07, 6.45) is 3.23. The number of benzene rings is 1. The zero-order valence-electron chi connectivity index (χ0n) is 19.1. The van der Waals surface area contributed by atoms with Gasteiger partial charge in [0.2, 0.25) is 0 Å². The first-order valence-corrected chi connectivity index (χ1v) is 11.7. The number of rotatable bonds is 6. The van der Waals surface area contributed by atoms with Gasteiger partial charge in [0, 0.05) is 48.1 Å². The maximum Gasteiger partial charge on any atom is 0.534 e. The Morgan fingerprint density at radius 1 is 1.28 bits per heavy atom. The van der Waals surface area contributed by atoms with Gasteiger partial charge in [-0.25, -0.2) is 18.8 Å². The second-order valence-electron chi connectivity index (χ2n) is 7.78. The van der Waals surface area contributed by atoms with Gasteiger partial charge in [-0.05, 0) is 32.4 Å². The molecule has 2 heterocycles. The van der Waals surface area contributed by atoms with Crippen molar-refractivity contribution in [3.8, 4) is 11.3 Å². The molecule has 0 N–H and O–H groups in total. The van der Waals surface area contributed by atoms with E-state index < -0.39 is 39.1 Å². The molecule has 1 unspecified atom stereocenters. The number of aldehydes is 1. The summed E-state index contributed by atoms with van der Waals surface area (Å²) < 4.78 is 99.5. The van der Waals surface area contributed by atoms with Gasteiger partial charge in [-0.1, -0.05) is 0 Å². The number of nitrogens with zero attached hydrogens (tertiary/aromatic N) is 3. The van der Waals surface area contributed by atoms with E-state index in [9.17, 15) is 35.2 Å². The lowest BCUT2D eigenvalue weighted by atomic mass is 10.00. The second kappa shape index (κ2) is 10.2. The SMILES string of the molecule is C/C(C=O)=C(\C)N=c1c(-c2ccc(F)cc2F)nc(C2C=C(OS(=O)(=O)C(F)(F)F)OCC2)cn1C. The Morgan fingerprint density at radius 3 is 2.58 bits per heavy atom. The lowest BCUT2D eigenvalue weighted by Gasteiger charge is -2.22. The van der Waals surface area contributed by atoms with Gasteiger partial charge in [-0.15, -0.1) is 0 Å². The smallest absolute Gasteiger partial charge is 0.465 e. The Balaban J connectivity index is 2.19. The maximum absolute atomic E-state index is 14.7. The summed E-state index contributed by atoms with van der Waals surface area (Å²) in [4.78, 5) is 19.9. The molecule has 0 radical (unpaired) electrons. The number of hydrogen-bond donors (Lipinski definition) is 0. The minimum atomic E-state index is -5.96. The number of aromatic nitrogens is 2. The van der Waals surface area contributed by atoms with E-state index in [1.54, 1.807) is 6.92 Å². The Labute approximate surface area is 202 Å². The van der Waals surface area contributed by atoms with Crippen LogP contribution in [-0.2, 0) is 30.9 Å². The van der Waals surface area contributed by atoms with E-state index in [1.807, 2.05) is 0 Å². The molecule has 0 aliphatic carbocycles. The van der Waals surface area contributed by atoms with Crippen molar-refractivity contribution in [3.05, 3.63) is 70.5 Å². The third kappa shape index (κ3) is 5.80. The van der Waals surface area contributed by atoms with Gasteiger partial charge < -0.3 is 13.5 Å². The standard InChI is InChI=1S/C22H20F5N3O5S/c1-12(11-31)13(2)28-21-20(16-5-4-15(23)9-17(16)24)29-18(10-30(21)3)14-6-7-34-19(8-14)35-36(32,33)22(25,26)27/h4-5,8-11,14H,6-7H2,1-3H3/b13-12-,28-21?. The van der Waals surface area contributed by atoms with Crippen LogP contribution < -0.4 is 5.49 Å². The van der Waals surface area contributed by atoms with Gasteiger partial charge in [0.1, 0.15) is 23.6 Å². The molecule has 8 nitrogen and oxygen atoms in total. The molecule has 1 aromatic heterocycles. The molecule has 2 aromatic rings. The van der Waals surface area contributed by atoms with Crippen molar-refractivity contribution in [2.24, 2.45) is 12.0 Å². The number of allylic oxidation sites excluding steroid dienone is 3. The van der Waals surface area contributed by atoms with E-state index in [2.05, 4.69) is 14.2 Å². The topological polar surface area (TPSA) is 99.8 Å². The van der Waals surface area contributed by atoms with E-state index in [1.165, 1.54) is 24.7 Å². The molecule has 1 aliphatic rings. The Kier molecular flexibility index (Phi) is 7.67. The van der Waals surface area contributed by atoms with Gasteiger partial charge in [0.05, 0.1) is 12.3 Å². The van der Waals surface area contributed by atoms with Crippen molar-refractivity contribution in [2.75, 3.05) is 6.61 Å². The first-order chi connectivity index (χ1) is 16.7. The van der Waals surface area contributed by atoms with Gasteiger partial charge >= 0.3 is 15.6 Å². The van der Waals surface area contributed by atoms with Crippen LogP contribution in [0.15, 0.2) is 52.7 Å². The molecule has 1 aliphatic heterocycles. The van der Waals surface area contributed by atoms with Crippen LogP contribution >= 0.6 is 0 Å². The minimum absolute atomic E-state index is 0.0455. The number of halogens is 5. The molecule has 3 rings (SSSR count). The number of alkyl halides is 3. The fraction of sp³-hybridized carbons (Fsp3) is 0.318. The zero-order chi connectivity index (χ0) is 26.8. The van der Waals surface area contributed by atoms with E-state index >= 15 is 0 Å². The summed E-state index contributed by atoms with van der Waals surface area (Å²) in [5.41, 5.74) is -4.93. The molecule has 1 aromatic carbocycles. The first-order valence-electron chi connectivity index (χ1n) is 10.3. The van der Waals surface area contributed by atoms with E-state index in [-0.39, 0.29) is 35.5 Å². The van der Waals surface area contributed by atoms with Crippen LogP contribution in [-0.4, -0.2) is 36.4 Å². The molecule has 0 amide bonds. The van der Waals surface area contributed by atoms with Crippen molar-refractivity contribution in [1.29, 1.82) is 0 Å². The molecule has 0 spiro atoms. The third-order valence-electron chi connectivity index (χ3n) is 5.19. The predicted molar refractivity (Wildman–Crippen MR) is 116 cm³/mol. The summed E-state index contributed by atoms with van der Waals surface area (Å²) in [5, 5.41) is 0.